The normalized spacial score (nSPS) is 14.5. The summed E-state index contributed by atoms with van der Waals surface area (Å²) in [6, 6.07) is 0. The summed E-state index contributed by atoms with van der Waals surface area (Å²) in [7, 11) is 1.65. The molecule has 8 nitrogen and oxygen atoms in total. The lowest BCUT2D eigenvalue weighted by Gasteiger charge is -2.15. The Labute approximate surface area is 123 Å². The fourth-order valence-corrected chi connectivity index (χ4v) is 2.60. The van der Waals surface area contributed by atoms with E-state index >= 15 is 0 Å². The number of amides is 1. The zero-order valence-electron chi connectivity index (χ0n) is 12.5. The first-order chi connectivity index (χ1) is 10.0. The van der Waals surface area contributed by atoms with Gasteiger partial charge in [-0.2, -0.15) is 5.10 Å². The molecule has 1 aromatic rings. The third-order valence-corrected chi connectivity index (χ3v) is 3.63. The van der Waals surface area contributed by atoms with Crippen LogP contribution < -0.4 is 5.32 Å². The number of aromatic nitrogens is 2. The van der Waals surface area contributed by atoms with E-state index in [1.807, 2.05) is 6.92 Å². The lowest BCUT2D eigenvalue weighted by molar-refractivity contribution is -0.384. The summed E-state index contributed by atoms with van der Waals surface area (Å²) >= 11 is 0. The van der Waals surface area contributed by atoms with Gasteiger partial charge in [-0.15, -0.1) is 0 Å². The Hall–Kier alpha value is -2.12. The van der Waals surface area contributed by atoms with E-state index in [0.717, 1.165) is 32.4 Å². The van der Waals surface area contributed by atoms with Crippen LogP contribution in [0, 0.1) is 10.1 Å². The molecule has 2 rings (SSSR count). The van der Waals surface area contributed by atoms with E-state index in [0.29, 0.717) is 17.9 Å². The Kier molecular flexibility index (Phi) is 4.77. The molecule has 1 aromatic heterocycles. The van der Waals surface area contributed by atoms with Gasteiger partial charge in [-0.25, -0.2) is 4.68 Å². The van der Waals surface area contributed by atoms with E-state index < -0.39 is 4.92 Å². The Morgan fingerprint density at radius 3 is 2.67 bits per heavy atom. The molecule has 0 aliphatic carbocycles. The van der Waals surface area contributed by atoms with Crippen molar-refractivity contribution in [3.05, 3.63) is 15.8 Å². The van der Waals surface area contributed by atoms with Crippen molar-refractivity contribution in [3.8, 4) is 0 Å². The smallest absolute Gasteiger partial charge is 0.334 e. The fourth-order valence-electron chi connectivity index (χ4n) is 2.60. The first kappa shape index (κ1) is 15.3. The number of aryl methyl sites for hydroxylation is 2. The maximum atomic E-state index is 12.0. The minimum atomic E-state index is -0.430. The van der Waals surface area contributed by atoms with Crippen LogP contribution >= 0.6 is 0 Å². The predicted molar refractivity (Wildman–Crippen MR) is 78.2 cm³/mol. The summed E-state index contributed by atoms with van der Waals surface area (Å²) in [5.74, 6) is 0.274. The SMILES string of the molecule is CCCc1nn(C)c(NCC(=O)N2CCCC2)c1[N+](=O)[O-]. The molecule has 0 spiro atoms. The van der Waals surface area contributed by atoms with Crippen molar-refractivity contribution >= 4 is 17.4 Å². The summed E-state index contributed by atoms with van der Waals surface area (Å²) in [6.07, 6.45) is 3.38. The summed E-state index contributed by atoms with van der Waals surface area (Å²) in [4.78, 5) is 24.6. The molecule has 1 N–H and O–H groups in total. The molecule has 0 radical (unpaired) electrons. The number of hydrogen-bond acceptors (Lipinski definition) is 5. The number of nitrogens with zero attached hydrogens (tertiary/aromatic N) is 4. The van der Waals surface area contributed by atoms with Crippen LogP contribution in [0.3, 0.4) is 0 Å². The van der Waals surface area contributed by atoms with Gasteiger partial charge in [0, 0.05) is 20.1 Å². The van der Waals surface area contributed by atoms with Crippen LogP contribution in [0.2, 0.25) is 0 Å². The molecule has 1 fully saturated rings. The average molecular weight is 295 g/mol. The Bertz CT molecular complexity index is 534. The van der Waals surface area contributed by atoms with Crippen molar-refractivity contribution in [2.75, 3.05) is 25.0 Å². The highest BCUT2D eigenvalue weighted by Gasteiger charge is 2.27. The zero-order chi connectivity index (χ0) is 15.4. The van der Waals surface area contributed by atoms with Crippen LogP contribution in [0.1, 0.15) is 31.9 Å². The van der Waals surface area contributed by atoms with Gasteiger partial charge in [-0.05, 0) is 19.3 Å². The summed E-state index contributed by atoms with van der Waals surface area (Å²) in [5.41, 5.74) is 0.440. The molecule has 1 saturated heterocycles. The molecule has 1 aliphatic heterocycles. The lowest BCUT2D eigenvalue weighted by atomic mass is 10.2. The topological polar surface area (TPSA) is 93.3 Å². The molecule has 21 heavy (non-hydrogen) atoms. The minimum Gasteiger partial charge on any atom is -0.355 e. The number of hydrogen-bond donors (Lipinski definition) is 1. The summed E-state index contributed by atoms with van der Waals surface area (Å²) < 4.78 is 1.44. The second kappa shape index (κ2) is 6.55. The van der Waals surface area contributed by atoms with Crippen molar-refractivity contribution in [2.45, 2.75) is 32.6 Å². The number of carbonyl (C=O) groups excluding carboxylic acids is 1. The minimum absolute atomic E-state index is 0.0198. The molecule has 1 amide bonds. The van der Waals surface area contributed by atoms with E-state index in [2.05, 4.69) is 10.4 Å². The molecule has 0 bridgehead atoms. The van der Waals surface area contributed by atoms with E-state index in [1.165, 1.54) is 4.68 Å². The van der Waals surface area contributed by atoms with Gasteiger partial charge in [0.1, 0.15) is 5.69 Å². The number of anilines is 1. The van der Waals surface area contributed by atoms with Crippen LogP contribution in [-0.4, -0.2) is 45.1 Å². The highest BCUT2D eigenvalue weighted by molar-refractivity contribution is 5.81. The highest BCUT2D eigenvalue weighted by atomic mass is 16.6. The summed E-state index contributed by atoms with van der Waals surface area (Å²) in [6.45, 7) is 3.55. The standard InChI is InChI=1S/C13H21N5O3/c1-3-6-10-12(18(20)21)13(16(2)15-10)14-9-11(19)17-7-4-5-8-17/h14H,3-9H2,1-2H3. The maximum absolute atomic E-state index is 12.0. The van der Waals surface area contributed by atoms with Gasteiger partial charge in [-0.1, -0.05) is 13.3 Å². The van der Waals surface area contributed by atoms with Gasteiger partial charge in [0.2, 0.25) is 11.7 Å². The third kappa shape index (κ3) is 3.32. The molecular formula is C13H21N5O3. The van der Waals surface area contributed by atoms with Gasteiger partial charge in [0.25, 0.3) is 0 Å². The predicted octanol–water partition coefficient (Wildman–Crippen LogP) is 1.32. The van der Waals surface area contributed by atoms with Gasteiger partial charge in [0.05, 0.1) is 11.5 Å². The van der Waals surface area contributed by atoms with Crippen LogP contribution in [0.4, 0.5) is 11.5 Å². The first-order valence-electron chi connectivity index (χ1n) is 7.26. The molecular weight excluding hydrogens is 274 g/mol. The molecule has 2 heterocycles. The molecule has 0 aromatic carbocycles. The van der Waals surface area contributed by atoms with E-state index in [9.17, 15) is 14.9 Å². The number of carbonyl (C=O) groups is 1. The Balaban J connectivity index is 2.11. The number of rotatable bonds is 6. The van der Waals surface area contributed by atoms with E-state index in [-0.39, 0.29) is 18.1 Å². The average Bonchev–Trinajstić information content (AvgIpc) is 3.04. The van der Waals surface area contributed by atoms with Gasteiger partial charge in [0.15, 0.2) is 0 Å². The molecule has 0 unspecified atom stereocenters. The maximum Gasteiger partial charge on any atom is 0.334 e. The second-order valence-electron chi connectivity index (χ2n) is 5.22. The van der Waals surface area contributed by atoms with Crippen LogP contribution in [-0.2, 0) is 18.3 Å². The third-order valence-electron chi connectivity index (χ3n) is 3.63. The number of likely N-dealkylation sites (tertiary alicyclic amines) is 1. The van der Waals surface area contributed by atoms with Crippen molar-refractivity contribution in [2.24, 2.45) is 7.05 Å². The van der Waals surface area contributed by atoms with Crippen LogP contribution in [0.25, 0.3) is 0 Å². The monoisotopic (exact) mass is 295 g/mol. The van der Waals surface area contributed by atoms with Crippen molar-refractivity contribution in [1.29, 1.82) is 0 Å². The van der Waals surface area contributed by atoms with E-state index in [4.69, 9.17) is 0 Å². The van der Waals surface area contributed by atoms with Gasteiger partial charge < -0.3 is 10.2 Å². The van der Waals surface area contributed by atoms with Gasteiger partial charge in [-0.3, -0.25) is 14.9 Å². The largest absolute Gasteiger partial charge is 0.355 e. The van der Waals surface area contributed by atoms with Gasteiger partial charge >= 0.3 is 5.69 Å². The molecule has 0 atom stereocenters. The quantitative estimate of drug-likeness (QED) is 0.631. The second-order valence-corrected chi connectivity index (χ2v) is 5.22. The van der Waals surface area contributed by atoms with Crippen LogP contribution in [0.5, 0.6) is 0 Å². The van der Waals surface area contributed by atoms with Crippen LogP contribution in [0.15, 0.2) is 0 Å². The van der Waals surface area contributed by atoms with E-state index in [1.54, 1.807) is 11.9 Å². The van der Waals surface area contributed by atoms with Crippen molar-refractivity contribution in [3.63, 3.8) is 0 Å². The number of nitro groups is 1. The van der Waals surface area contributed by atoms with Crippen molar-refractivity contribution in [1.82, 2.24) is 14.7 Å². The zero-order valence-corrected chi connectivity index (χ0v) is 12.5. The Morgan fingerprint density at radius 2 is 2.10 bits per heavy atom. The first-order valence-corrected chi connectivity index (χ1v) is 7.26. The molecule has 1 aliphatic rings. The molecule has 116 valence electrons. The molecule has 8 heteroatoms. The Morgan fingerprint density at radius 1 is 1.43 bits per heavy atom. The fraction of sp³-hybridized carbons (Fsp3) is 0.692. The van der Waals surface area contributed by atoms with Crippen molar-refractivity contribution < 1.29 is 9.72 Å². The molecule has 0 saturated carbocycles. The highest BCUT2D eigenvalue weighted by Crippen LogP contribution is 2.28. The number of nitrogens with one attached hydrogen (secondary N) is 1. The summed E-state index contributed by atoms with van der Waals surface area (Å²) in [5, 5.41) is 18.3. The lowest BCUT2D eigenvalue weighted by Crippen LogP contribution is -2.33.